The molecule has 0 radical (unpaired) electrons. The van der Waals surface area contributed by atoms with Gasteiger partial charge in [-0.1, -0.05) is 25.2 Å². The van der Waals surface area contributed by atoms with Crippen LogP contribution < -0.4 is 4.74 Å². The maximum atomic E-state index is 5.61. The van der Waals surface area contributed by atoms with Crippen LogP contribution in [0, 0.1) is 6.07 Å². The van der Waals surface area contributed by atoms with Crippen LogP contribution in [0.1, 0.15) is 31.9 Å². The van der Waals surface area contributed by atoms with Gasteiger partial charge in [-0.15, -0.1) is 12.1 Å². The molecular formula is C13H14NNiOS-. The van der Waals surface area contributed by atoms with Gasteiger partial charge in [-0.3, -0.25) is 0 Å². The van der Waals surface area contributed by atoms with Gasteiger partial charge < -0.3 is 4.74 Å². The molecule has 0 spiro atoms. The molecule has 0 N–H and O–H groups in total. The van der Waals surface area contributed by atoms with Crippen molar-refractivity contribution < 1.29 is 21.2 Å². The van der Waals surface area contributed by atoms with Crippen molar-refractivity contribution in [2.45, 2.75) is 26.2 Å². The Morgan fingerprint density at radius 2 is 2.29 bits per heavy atom. The molecule has 0 aliphatic carbocycles. The monoisotopic (exact) mass is 290 g/mol. The molecule has 0 bridgehead atoms. The summed E-state index contributed by atoms with van der Waals surface area (Å²) in [5, 5.41) is 2.75. The van der Waals surface area contributed by atoms with Crippen LogP contribution in [-0.4, -0.2) is 4.98 Å². The Morgan fingerprint density at radius 1 is 1.47 bits per heavy atom. The zero-order valence-corrected chi connectivity index (χ0v) is 11.6. The van der Waals surface area contributed by atoms with Crippen LogP contribution in [0.4, 0.5) is 0 Å². The second-order valence-corrected chi connectivity index (χ2v) is 4.50. The van der Waals surface area contributed by atoms with E-state index in [1.54, 1.807) is 0 Å². The normalized spacial score (nSPS) is 11.6. The maximum Gasteiger partial charge on any atom is 0.276 e. The minimum Gasteiger partial charge on any atom is -0.458 e. The van der Waals surface area contributed by atoms with Gasteiger partial charge >= 0.3 is 0 Å². The van der Waals surface area contributed by atoms with Crippen molar-refractivity contribution in [3.8, 4) is 10.9 Å². The molecule has 94 valence electrons. The number of rotatable bonds is 4. The van der Waals surface area contributed by atoms with Crippen LogP contribution in [0.3, 0.4) is 0 Å². The van der Waals surface area contributed by atoms with Crippen LogP contribution in [-0.2, 0) is 16.5 Å². The van der Waals surface area contributed by atoms with E-state index in [0.717, 1.165) is 12.1 Å². The van der Waals surface area contributed by atoms with Crippen molar-refractivity contribution >= 4 is 11.3 Å². The average Bonchev–Trinajstić information content (AvgIpc) is 2.78. The van der Waals surface area contributed by atoms with Gasteiger partial charge in [-0.05, 0) is 12.3 Å². The fourth-order valence-corrected chi connectivity index (χ4v) is 2.09. The Morgan fingerprint density at radius 3 is 2.94 bits per heavy atom. The molecule has 2 aromatic rings. The third kappa shape index (κ3) is 3.83. The average molecular weight is 291 g/mol. The first-order valence-electron chi connectivity index (χ1n) is 5.39. The van der Waals surface area contributed by atoms with Gasteiger partial charge in [0.1, 0.15) is 0 Å². The molecule has 0 aliphatic heterocycles. The summed E-state index contributed by atoms with van der Waals surface area (Å²) in [6, 6.07) is 10.6. The van der Waals surface area contributed by atoms with E-state index in [4.69, 9.17) is 4.74 Å². The molecule has 1 aromatic heterocycles. The first-order valence-corrected chi connectivity index (χ1v) is 6.27. The van der Waals surface area contributed by atoms with Crippen molar-refractivity contribution in [2.75, 3.05) is 0 Å². The van der Waals surface area contributed by atoms with Crippen molar-refractivity contribution in [1.29, 1.82) is 0 Å². The number of hydrogen-bond donors (Lipinski definition) is 0. The molecule has 2 rings (SSSR count). The summed E-state index contributed by atoms with van der Waals surface area (Å²) in [7, 11) is 0. The van der Waals surface area contributed by atoms with Gasteiger partial charge in [-0.25, -0.2) is 4.98 Å². The minimum absolute atomic E-state index is 0. The SMILES string of the molecule is CCC(C)c1csc(Oc2[c-]cccc2)n1.[Ni]. The Hall–Kier alpha value is -0.856. The second kappa shape index (κ2) is 6.78. The van der Waals surface area contributed by atoms with Crippen LogP contribution >= 0.6 is 11.3 Å². The van der Waals surface area contributed by atoms with Gasteiger partial charge in [0.05, 0.1) is 5.69 Å². The summed E-state index contributed by atoms with van der Waals surface area (Å²) in [5.41, 5.74) is 1.11. The first kappa shape index (κ1) is 14.2. The third-order valence-electron chi connectivity index (χ3n) is 2.50. The van der Waals surface area contributed by atoms with Gasteiger partial charge in [0.25, 0.3) is 5.19 Å². The van der Waals surface area contributed by atoms with E-state index >= 15 is 0 Å². The van der Waals surface area contributed by atoms with E-state index in [-0.39, 0.29) is 16.5 Å². The summed E-state index contributed by atoms with van der Waals surface area (Å²) >= 11 is 1.53. The molecule has 0 fully saturated rings. The number of para-hydroxylation sites is 1. The summed E-state index contributed by atoms with van der Waals surface area (Å²) in [4.78, 5) is 4.45. The molecular weight excluding hydrogens is 277 g/mol. The van der Waals surface area contributed by atoms with Gasteiger partial charge in [0, 0.05) is 27.6 Å². The van der Waals surface area contributed by atoms with E-state index < -0.39 is 0 Å². The summed E-state index contributed by atoms with van der Waals surface area (Å²) < 4.78 is 5.61. The predicted octanol–water partition coefficient (Wildman–Crippen LogP) is 4.25. The minimum atomic E-state index is 0. The third-order valence-corrected chi connectivity index (χ3v) is 3.23. The van der Waals surface area contributed by atoms with Crippen LogP contribution in [0.2, 0.25) is 0 Å². The molecule has 1 atom stereocenters. The molecule has 4 heteroatoms. The van der Waals surface area contributed by atoms with Crippen molar-refractivity contribution in [1.82, 2.24) is 4.98 Å². The summed E-state index contributed by atoms with van der Waals surface area (Å²) in [6.45, 7) is 4.34. The van der Waals surface area contributed by atoms with E-state index in [0.29, 0.717) is 16.9 Å². The Labute approximate surface area is 116 Å². The van der Waals surface area contributed by atoms with E-state index in [1.165, 1.54) is 11.3 Å². The maximum absolute atomic E-state index is 5.61. The number of thiazole rings is 1. The number of ether oxygens (including phenoxy) is 1. The quantitative estimate of drug-likeness (QED) is 0.620. The Bertz CT molecular complexity index is 444. The van der Waals surface area contributed by atoms with E-state index in [2.05, 4.69) is 30.3 Å². The molecule has 0 saturated heterocycles. The zero-order valence-electron chi connectivity index (χ0n) is 9.75. The smallest absolute Gasteiger partial charge is 0.276 e. The number of nitrogens with zero attached hydrogens (tertiary/aromatic N) is 1. The molecule has 0 amide bonds. The Balaban J connectivity index is 0.00000144. The molecule has 1 unspecified atom stereocenters. The van der Waals surface area contributed by atoms with Crippen LogP contribution in [0.5, 0.6) is 10.9 Å². The summed E-state index contributed by atoms with van der Waals surface area (Å²) in [5.74, 6) is 1.21. The van der Waals surface area contributed by atoms with Crippen LogP contribution in [0.15, 0.2) is 29.6 Å². The number of aromatic nitrogens is 1. The standard InChI is InChI=1S/C13H14NOS.Ni/c1-3-10(2)12-9-16-13(14-12)15-11-7-5-4-6-8-11;/h4-7,9-10H,3H2,1-2H3;/q-1;. The molecule has 0 saturated carbocycles. The van der Waals surface area contributed by atoms with Crippen molar-refractivity contribution in [3.05, 3.63) is 41.4 Å². The number of benzene rings is 1. The molecule has 0 aliphatic rings. The molecule has 1 heterocycles. The van der Waals surface area contributed by atoms with Gasteiger partial charge in [0.15, 0.2) is 0 Å². The van der Waals surface area contributed by atoms with Crippen molar-refractivity contribution in [3.63, 3.8) is 0 Å². The second-order valence-electron chi connectivity index (χ2n) is 3.68. The summed E-state index contributed by atoms with van der Waals surface area (Å²) in [6.07, 6.45) is 1.10. The van der Waals surface area contributed by atoms with Gasteiger partial charge in [-0.2, -0.15) is 18.2 Å². The first-order chi connectivity index (χ1) is 7.79. The topological polar surface area (TPSA) is 22.1 Å². The zero-order chi connectivity index (χ0) is 11.4. The predicted molar refractivity (Wildman–Crippen MR) is 66.2 cm³/mol. The fourth-order valence-electron chi connectivity index (χ4n) is 1.29. The molecule has 2 nitrogen and oxygen atoms in total. The van der Waals surface area contributed by atoms with Crippen molar-refractivity contribution in [2.24, 2.45) is 0 Å². The van der Waals surface area contributed by atoms with Gasteiger partial charge in [0.2, 0.25) is 0 Å². The Kier molecular flexibility index (Phi) is 5.66. The van der Waals surface area contributed by atoms with E-state index in [9.17, 15) is 0 Å². The van der Waals surface area contributed by atoms with E-state index in [1.807, 2.05) is 24.3 Å². The molecule has 1 aromatic carbocycles. The number of hydrogen-bond acceptors (Lipinski definition) is 3. The van der Waals surface area contributed by atoms with Crippen LogP contribution in [0.25, 0.3) is 0 Å². The largest absolute Gasteiger partial charge is 0.458 e. The molecule has 17 heavy (non-hydrogen) atoms. The fraction of sp³-hybridized carbons (Fsp3) is 0.308.